The number of nitrogens with two attached hydrogens (primary N) is 1. The largest absolute Gasteiger partial charge is 0.496 e. The molecule has 1 saturated heterocycles. The number of hydrazone groups is 1. The van der Waals surface area contributed by atoms with E-state index in [1.54, 1.807) is 12.1 Å². The number of primary amides is 1. The fourth-order valence-corrected chi connectivity index (χ4v) is 4.67. The molecule has 2 heterocycles. The zero-order chi connectivity index (χ0) is 22.7. The van der Waals surface area contributed by atoms with Gasteiger partial charge in [0, 0.05) is 28.5 Å². The van der Waals surface area contributed by atoms with Gasteiger partial charge in [-0.1, -0.05) is 48.0 Å². The minimum absolute atomic E-state index is 0.0968. The van der Waals surface area contributed by atoms with Crippen molar-refractivity contribution in [3.63, 3.8) is 0 Å². The fourth-order valence-electron chi connectivity index (χ4n) is 4.42. The van der Waals surface area contributed by atoms with Crippen LogP contribution in [0.3, 0.4) is 0 Å². The average molecular weight is 455 g/mol. The van der Waals surface area contributed by atoms with Gasteiger partial charge in [-0.2, -0.15) is 5.10 Å². The van der Waals surface area contributed by atoms with Crippen LogP contribution in [-0.2, 0) is 9.59 Å². The number of para-hydroxylation sites is 1. The lowest BCUT2D eigenvalue weighted by molar-refractivity contribution is -0.134. The highest BCUT2D eigenvalue weighted by molar-refractivity contribution is 6.34. The molecule has 7 nitrogen and oxygen atoms in total. The second kappa shape index (κ2) is 9.71. The Labute approximate surface area is 192 Å². The molecule has 0 aromatic heterocycles. The number of hydrogen-bond donors (Lipinski definition) is 1. The number of rotatable bonds is 6. The third-order valence-corrected chi connectivity index (χ3v) is 6.53. The van der Waals surface area contributed by atoms with Gasteiger partial charge in [0.05, 0.1) is 25.4 Å². The van der Waals surface area contributed by atoms with Crippen molar-refractivity contribution in [2.45, 2.75) is 25.3 Å². The molecule has 2 aromatic carbocycles. The summed E-state index contributed by atoms with van der Waals surface area (Å²) in [7, 11) is 1.62. The van der Waals surface area contributed by atoms with Gasteiger partial charge in [-0.15, -0.1) is 0 Å². The number of likely N-dealkylation sites (tertiary alicyclic amines) is 1. The maximum absolute atomic E-state index is 13.4. The first kappa shape index (κ1) is 22.3. The average Bonchev–Trinajstić information content (AvgIpc) is 3.25. The fraction of sp³-hybridized carbons (Fsp3) is 0.375. The number of hydrogen-bond acceptors (Lipinski definition) is 5. The molecule has 1 atom stereocenters. The summed E-state index contributed by atoms with van der Waals surface area (Å²) >= 11 is 6.42. The van der Waals surface area contributed by atoms with Gasteiger partial charge in [0.2, 0.25) is 5.91 Å². The lowest BCUT2D eigenvalue weighted by atomic mass is 9.96. The standard InChI is InChI=1S/C24H27ClN4O3/c1-32-22-9-5-3-7-18(22)21-14-20(17-6-2-4-8-19(17)25)27-29(21)23(30)15-28-12-10-16(11-13-28)24(26)31/h2-9,16,21H,10-15H2,1H3,(H2,26,31). The van der Waals surface area contributed by atoms with Crippen LogP contribution in [-0.4, -0.2) is 54.2 Å². The number of ether oxygens (including phenoxy) is 1. The highest BCUT2D eigenvalue weighted by Crippen LogP contribution is 2.38. The number of methoxy groups -OCH3 is 1. The van der Waals surface area contributed by atoms with E-state index in [0.29, 0.717) is 43.1 Å². The summed E-state index contributed by atoms with van der Waals surface area (Å²) in [6, 6.07) is 14.9. The molecular formula is C24H27ClN4O3. The minimum Gasteiger partial charge on any atom is -0.496 e. The van der Waals surface area contributed by atoms with Crippen molar-refractivity contribution in [2.75, 3.05) is 26.7 Å². The Balaban J connectivity index is 1.59. The van der Waals surface area contributed by atoms with E-state index in [0.717, 1.165) is 16.8 Å². The molecule has 4 rings (SSSR count). The first-order chi connectivity index (χ1) is 15.5. The van der Waals surface area contributed by atoms with Gasteiger partial charge >= 0.3 is 0 Å². The van der Waals surface area contributed by atoms with Crippen LogP contribution in [0.2, 0.25) is 5.02 Å². The number of piperidine rings is 1. The van der Waals surface area contributed by atoms with Crippen LogP contribution in [0.15, 0.2) is 53.6 Å². The molecule has 0 bridgehead atoms. The molecule has 2 amide bonds. The Hall–Kier alpha value is -2.90. The van der Waals surface area contributed by atoms with Crippen LogP contribution >= 0.6 is 11.6 Å². The summed E-state index contributed by atoms with van der Waals surface area (Å²) in [5.41, 5.74) is 7.93. The van der Waals surface area contributed by atoms with Crippen LogP contribution in [0, 0.1) is 5.92 Å². The molecule has 2 aromatic rings. The summed E-state index contributed by atoms with van der Waals surface area (Å²) in [6.07, 6.45) is 1.89. The van der Waals surface area contributed by atoms with E-state index in [-0.39, 0.29) is 30.3 Å². The van der Waals surface area contributed by atoms with Gasteiger partial charge in [-0.25, -0.2) is 5.01 Å². The summed E-state index contributed by atoms with van der Waals surface area (Å²) in [6.45, 7) is 1.55. The molecule has 168 valence electrons. The number of benzene rings is 2. The zero-order valence-corrected chi connectivity index (χ0v) is 18.8. The Morgan fingerprint density at radius 3 is 2.50 bits per heavy atom. The molecule has 1 fully saturated rings. The molecule has 0 saturated carbocycles. The smallest absolute Gasteiger partial charge is 0.257 e. The van der Waals surface area contributed by atoms with Crippen LogP contribution in [0.25, 0.3) is 0 Å². The Morgan fingerprint density at radius 1 is 1.12 bits per heavy atom. The summed E-state index contributed by atoms with van der Waals surface area (Å²) in [5, 5.41) is 6.89. The van der Waals surface area contributed by atoms with Crippen molar-refractivity contribution in [3.8, 4) is 5.75 Å². The zero-order valence-electron chi connectivity index (χ0n) is 18.0. The third kappa shape index (κ3) is 4.64. The van der Waals surface area contributed by atoms with Crippen molar-refractivity contribution in [2.24, 2.45) is 16.8 Å². The van der Waals surface area contributed by atoms with Gasteiger partial charge in [0.25, 0.3) is 5.91 Å². The van der Waals surface area contributed by atoms with Crippen molar-refractivity contribution < 1.29 is 14.3 Å². The first-order valence-corrected chi connectivity index (χ1v) is 11.1. The van der Waals surface area contributed by atoms with Gasteiger partial charge in [-0.05, 0) is 38.1 Å². The molecule has 0 radical (unpaired) electrons. The monoisotopic (exact) mass is 454 g/mol. The van der Waals surface area contributed by atoms with E-state index in [4.69, 9.17) is 27.2 Å². The number of halogens is 1. The molecule has 2 N–H and O–H groups in total. The highest BCUT2D eigenvalue weighted by Gasteiger charge is 2.36. The third-order valence-electron chi connectivity index (χ3n) is 6.20. The summed E-state index contributed by atoms with van der Waals surface area (Å²) < 4.78 is 5.57. The quantitative estimate of drug-likeness (QED) is 0.725. The van der Waals surface area contributed by atoms with E-state index < -0.39 is 0 Å². The van der Waals surface area contributed by atoms with Crippen molar-refractivity contribution in [1.82, 2.24) is 9.91 Å². The lowest BCUT2D eigenvalue weighted by Crippen LogP contribution is -2.44. The predicted molar refractivity (Wildman–Crippen MR) is 124 cm³/mol. The van der Waals surface area contributed by atoms with Crippen LogP contribution < -0.4 is 10.5 Å². The number of carbonyl (C=O) groups excluding carboxylic acids is 2. The topological polar surface area (TPSA) is 88.2 Å². The predicted octanol–water partition coefficient (Wildman–Crippen LogP) is 3.22. The molecule has 1 unspecified atom stereocenters. The minimum atomic E-state index is -0.284. The Kier molecular flexibility index (Phi) is 6.77. The second-order valence-electron chi connectivity index (χ2n) is 8.18. The number of carbonyl (C=O) groups is 2. The molecule has 8 heteroatoms. The van der Waals surface area contributed by atoms with E-state index in [2.05, 4.69) is 4.90 Å². The van der Waals surface area contributed by atoms with Crippen LogP contribution in [0.5, 0.6) is 5.75 Å². The molecule has 2 aliphatic rings. The highest BCUT2D eigenvalue weighted by atomic mass is 35.5. The number of nitrogens with zero attached hydrogens (tertiary/aromatic N) is 3. The first-order valence-electron chi connectivity index (χ1n) is 10.8. The maximum Gasteiger partial charge on any atom is 0.257 e. The molecule has 32 heavy (non-hydrogen) atoms. The lowest BCUT2D eigenvalue weighted by Gasteiger charge is -2.31. The van der Waals surface area contributed by atoms with Crippen LogP contribution in [0.1, 0.15) is 36.4 Å². The van der Waals surface area contributed by atoms with E-state index in [1.807, 2.05) is 48.5 Å². The van der Waals surface area contributed by atoms with E-state index >= 15 is 0 Å². The Bertz CT molecular complexity index is 1030. The molecule has 0 spiro atoms. The Morgan fingerprint density at radius 2 is 1.81 bits per heavy atom. The van der Waals surface area contributed by atoms with Gasteiger partial charge in [-0.3, -0.25) is 14.5 Å². The maximum atomic E-state index is 13.4. The van der Waals surface area contributed by atoms with E-state index in [9.17, 15) is 9.59 Å². The SMILES string of the molecule is COc1ccccc1C1CC(c2ccccc2Cl)=NN1C(=O)CN1CCC(C(N)=O)CC1. The normalized spacial score (nSPS) is 19.6. The summed E-state index contributed by atoms with van der Waals surface area (Å²) in [5.74, 6) is 0.244. The number of amides is 2. The molecule has 0 aliphatic carbocycles. The van der Waals surface area contributed by atoms with Gasteiger partial charge < -0.3 is 10.5 Å². The summed E-state index contributed by atoms with van der Waals surface area (Å²) in [4.78, 5) is 26.9. The molecular weight excluding hydrogens is 428 g/mol. The van der Waals surface area contributed by atoms with Crippen molar-refractivity contribution >= 4 is 29.1 Å². The van der Waals surface area contributed by atoms with E-state index in [1.165, 1.54) is 0 Å². The van der Waals surface area contributed by atoms with Crippen LogP contribution in [0.4, 0.5) is 0 Å². The van der Waals surface area contributed by atoms with Gasteiger partial charge in [0.1, 0.15) is 5.75 Å². The molecule has 2 aliphatic heterocycles. The van der Waals surface area contributed by atoms with Gasteiger partial charge in [0.15, 0.2) is 0 Å². The van der Waals surface area contributed by atoms with Crippen molar-refractivity contribution in [1.29, 1.82) is 0 Å². The van der Waals surface area contributed by atoms with Crippen molar-refractivity contribution in [3.05, 3.63) is 64.7 Å². The second-order valence-corrected chi connectivity index (χ2v) is 8.59.